The molecule has 0 unspecified atom stereocenters. The van der Waals surface area contributed by atoms with E-state index in [4.69, 9.17) is 34.8 Å². The highest BCUT2D eigenvalue weighted by atomic mass is 35.5. The van der Waals surface area contributed by atoms with Gasteiger partial charge in [0.1, 0.15) is 4.90 Å². The van der Waals surface area contributed by atoms with Crippen molar-refractivity contribution in [2.75, 3.05) is 0 Å². The Morgan fingerprint density at radius 1 is 1.06 bits per heavy atom. The van der Waals surface area contributed by atoms with E-state index >= 15 is 0 Å². The minimum absolute atomic E-state index is 0.00472. The van der Waals surface area contributed by atoms with E-state index in [1.54, 1.807) is 0 Å². The quantitative estimate of drug-likeness (QED) is 0.801. The summed E-state index contributed by atoms with van der Waals surface area (Å²) >= 11 is 17.3. The number of rotatable bonds is 2. The minimum atomic E-state index is -3.84. The Labute approximate surface area is 113 Å². The fourth-order valence-electron chi connectivity index (χ4n) is 1.20. The zero-order valence-corrected chi connectivity index (χ0v) is 11.2. The van der Waals surface area contributed by atoms with Crippen LogP contribution in [-0.2, 0) is 10.0 Å². The Kier molecular flexibility index (Phi) is 3.36. The summed E-state index contributed by atoms with van der Waals surface area (Å²) in [6.45, 7) is 0. The van der Waals surface area contributed by atoms with Gasteiger partial charge in [-0.1, -0.05) is 34.8 Å². The SMILES string of the molecule is O=S(=O)(c1cc(Cl)c(Cl)cc1Cl)n1cccn1. The van der Waals surface area contributed by atoms with Crippen molar-refractivity contribution in [3.63, 3.8) is 0 Å². The second-order valence-corrected chi connectivity index (χ2v) is 6.07. The Balaban J connectivity index is 2.67. The van der Waals surface area contributed by atoms with E-state index in [9.17, 15) is 8.42 Å². The molecule has 1 aromatic carbocycles. The van der Waals surface area contributed by atoms with E-state index in [0.717, 1.165) is 4.09 Å². The molecule has 0 saturated heterocycles. The predicted molar refractivity (Wildman–Crippen MR) is 66.3 cm³/mol. The highest BCUT2D eigenvalue weighted by Gasteiger charge is 2.22. The summed E-state index contributed by atoms with van der Waals surface area (Å²) in [6.07, 6.45) is 2.65. The van der Waals surface area contributed by atoms with Crippen LogP contribution in [0.3, 0.4) is 0 Å². The van der Waals surface area contributed by atoms with Crippen LogP contribution >= 0.6 is 34.8 Å². The largest absolute Gasteiger partial charge is 0.284 e. The van der Waals surface area contributed by atoms with Crippen molar-refractivity contribution in [2.24, 2.45) is 0 Å². The summed E-state index contributed by atoms with van der Waals surface area (Å²) in [7, 11) is -3.84. The average molecular weight is 312 g/mol. The Morgan fingerprint density at radius 2 is 1.71 bits per heavy atom. The summed E-state index contributed by atoms with van der Waals surface area (Å²) in [5.41, 5.74) is 0. The second kappa shape index (κ2) is 4.49. The number of aromatic nitrogens is 2. The standard InChI is InChI=1S/C9H5Cl3N2O2S/c10-6-4-8(12)9(5-7(6)11)17(15,16)14-3-1-2-13-14/h1-5H. The van der Waals surface area contributed by atoms with Crippen LogP contribution in [0.5, 0.6) is 0 Å². The van der Waals surface area contributed by atoms with Crippen LogP contribution in [0.25, 0.3) is 0 Å². The molecule has 17 heavy (non-hydrogen) atoms. The molecule has 0 bridgehead atoms. The van der Waals surface area contributed by atoms with Gasteiger partial charge in [-0.3, -0.25) is 0 Å². The first kappa shape index (κ1) is 12.7. The lowest BCUT2D eigenvalue weighted by Crippen LogP contribution is -2.13. The van der Waals surface area contributed by atoms with Gasteiger partial charge in [-0.15, -0.1) is 0 Å². The molecule has 8 heteroatoms. The van der Waals surface area contributed by atoms with Crippen LogP contribution < -0.4 is 0 Å². The molecule has 4 nitrogen and oxygen atoms in total. The van der Waals surface area contributed by atoms with E-state index in [1.165, 1.54) is 30.6 Å². The van der Waals surface area contributed by atoms with Crippen molar-refractivity contribution in [3.8, 4) is 0 Å². The van der Waals surface area contributed by atoms with Crippen molar-refractivity contribution in [1.29, 1.82) is 0 Å². The zero-order chi connectivity index (χ0) is 12.6. The van der Waals surface area contributed by atoms with Crippen LogP contribution in [0.2, 0.25) is 15.1 Å². The molecule has 0 amide bonds. The molecule has 0 aliphatic heterocycles. The summed E-state index contributed by atoms with van der Waals surface area (Å²) in [6, 6.07) is 3.97. The summed E-state index contributed by atoms with van der Waals surface area (Å²) < 4.78 is 25.0. The van der Waals surface area contributed by atoms with Gasteiger partial charge in [-0.25, -0.2) is 0 Å². The molecule has 1 aromatic heterocycles. The van der Waals surface area contributed by atoms with Gasteiger partial charge < -0.3 is 0 Å². The lowest BCUT2D eigenvalue weighted by atomic mass is 10.4. The molecule has 1 heterocycles. The summed E-state index contributed by atoms with van der Waals surface area (Å²) in [4.78, 5) is -0.141. The van der Waals surface area contributed by atoms with Gasteiger partial charge in [0.2, 0.25) is 0 Å². The van der Waals surface area contributed by atoms with Crippen LogP contribution in [0.1, 0.15) is 0 Å². The van der Waals surface area contributed by atoms with Gasteiger partial charge in [-0.2, -0.15) is 17.6 Å². The first-order valence-corrected chi connectivity index (χ1v) is 6.90. The second-order valence-electron chi connectivity index (χ2n) is 3.08. The van der Waals surface area contributed by atoms with Crippen molar-refractivity contribution in [1.82, 2.24) is 9.19 Å². The lowest BCUT2D eigenvalue weighted by molar-refractivity contribution is 0.580. The molecule has 0 saturated carbocycles. The van der Waals surface area contributed by atoms with Crippen molar-refractivity contribution in [2.45, 2.75) is 4.90 Å². The van der Waals surface area contributed by atoms with Gasteiger partial charge in [0, 0.05) is 6.20 Å². The van der Waals surface area contributed by atoms with Gasteiger partial charge >= 0.3 is 0 Å². The smallest absolute Gasteiger partial charge is 0.199 e. The Hall–Kier alpha value is -0.750. The zero-order valence-electron chi connectivity index (χ0n) is 8.14. The summed E-state index contributed by atoms with van der Waals surface area (Å²) in [5, 5.41) is 3.95. The molecule has 0 fully saturated rings. The van der Waals surface area contributed by atoms with Gasteiger partial charge in [0.05, 0.1) is 21.3 Å². The molecule has 0 aliphatic carbocycles. The molecule has 0 atom stereocenters. The monoisotopic (exact) mass is 310 g/mol. The van der Waals surface area contributed by atoms with Crippen LogP contribution in [-0.4, -0.2) is 17.6 Å². The lowest BCUT2D eigenvalue weighted by Gasteiger charge is -2.07. The Morgan fingerprint density at radius 3 is 2.29 bits per heavy atom. The van der Waals surface area contributed by atoms with Gasteiger partial charge in [-0.05, 0) is 18.2 Å². The molecular weight excluding hydrogens is 307 g/mol. The van der Waals surface area contributed by atoms with E-state index in [2.05, 4.69) is 5.10 Å². The molecule has 0 N–H and O–H groups in total. The third kappa shape index (κ3) is 2.28. The predicted octanol–water partition coefficient (Wildman–Crippen LogP) is 3.08. The number of nitrogens with zero attached hydrogens (tertiary/aromatic N) is 2. The number of halogens is 3. The molecular formula is C9H5Cl3N2O2S. The average Bonchev–Trinajstić information content (AvgIpc) is 2.77. The van der Waals surface area contributed by atoms with E-state index in [-0.39, 0.29) is 20.0 Å². The maximum absolute atomic E-state index is 12.1. The fourth-order valence-corrected chi connectivity index (χ4v) is 3.29. The number of hydrogen-bond donors (Lipinski definition) is 0. The molecule has 0 spiro atoms. The molecule has 90 valence electrons. The van der Waals surface area contributed by atoms with Crippen LogP contribution in [0.15, 0.2) is 35.5 Å². The van der Waals surface area contributed by atoms with E-state index in [1.807, 2.05) is 0 Å². The maximum Gasteiger partial charge on any atom is 0.284 e. The van der Waals surface area contributed by atoms with Gasteiger partial charge in [0.25, 0.3) is 10.0 Å². The molecule has 0 radical (unpaired) electrons. The molecule has 2 rings (SSSR count). The van der Waals surface area contributed by atoms with Crippen molar-refractivity contribution < 1.29 is 8.42 Å². The highest BCUT2D eigenvalue weighted by Crippen LogP contribution is 2.32. The molecule has 2 aromatic rings. The van der Waals surface area contributed by atoms with Crippen LogP contribution in [0.4, 0.5) is 0 Å². The molecule has 0 aliphatic rings. The third-order valence-corrected chi connectivity index (χ3v) is 4.73. The minimum Gasteiger partial charge on any atom is -0.199 e. The topological polar surface area (TPSA) is 52.0 Å². The highest BCUT2D eigenvalue weighted by molar-refractivity contribution is 7.90. The van der Waals surface area contributed by atoms with E-state index < -0.39 is 10.0 Å². The van der Waals surface area contributed by atoms with Crippen molar-refractivity contribution in [3.05, 3.63) is 45.7 Å². The van der Waals surface area contributed by atoms with Crippen LogP contribution in [0, 0.1) is 0 Å². The first-order chi connectivity index (χ1) is 7.93. The summed E-state index contributed by atoms with van der Waals surface area (Å²) in [5.74, 6) is 0. The third-order valence-electron chi connectivity index (χ3n) is 1.98. The normalized spacial score (nSPS) is 11.7. The fraction of sp³-hybridized carbons (Fsp3) is 0. The van der Waals surface area contributed by atoms with E-state index in [0.29, 0.717) is 0 Å². The number of benzene rings is 1. The van der Waals surface area contributed by atoms with Crippen molar-refractivity contribution >= 4 is 44.8 Å². The van der Waals surface area contributed by atoms with Gasteiger partial charge in [0.15, 0.2) is 0 Å². The Bertz CT molecular complexity index is 653. The maximum atomic E-state index is 12.1. The first-order valence-electron chi connectivity index (χ1n) is 4.32. The number of hydrogen-bond acceptors (Lipinski definition) is 3.